The molecule has 1 aliphatic heterocycles. The first-order valence-corrected chi connectivity index (χ1v) is 10.3. The number of likely N-dealkylation sites (N-methyl/N-ethyl adjacent to an activating group) is 1. The van der Waals surface area contributed by atoms with Crippen molar-refractivity contribution in [2.75, 3.05) is 50.1 Å². The maximum atomic E-state index is 13.6. The molecule has 0 atom stereocenters. The van der Waals surface area contributed by atoms with E-state index >= 15 is 0 Å². The van der Waals surface area contributed by atoms with Crippen molar-refractivity contribution in [2.24, 2.45) is 0 Å². The largest absolute Gasteiger partial charge is 0.493 e. The van der Waals surface area contributed by atoms with Gasteiger partial charge in [-0.15, -0.1) is 0 Å². The van der Waals surface area contributed by atoms with Crippen LogP contribution in [0.15, 0.2) is 36.4 Å². The van der Waals surface area contributed by atoms with Gasteiger partial charge < -0.3 is 19.9 Å². The van der Waals surface area contributed by atoms with Crippen molar-refractivity contribution < 1.29 is 22.7 Å². The van der Waals surface area contributed by atoms with Gasteiger partial charge in [0.15, 0.2) is 0 Å². The highest BCUT2D eigenvalue weighted by Crippen LogP contribution is 2.37. The second kappa shape index (κ2) is 9.60. The normalized spacial score (nSPS) is 15.1. The van der Waals surface area contributed by atoms with E-state index < -0.39 is 17.6 Å². The van der Waals surface area contributed by atoms with Gasteiger partial charge in [-0.2, -0.15) is 13.2 Å². The summed E-state index contributed by atoms with van der Waals surface area (Å²) in [7, 11) is 1.99. The fourth-order valence-electron chi connectivity index (χ4n) is 3.42. The third-order valence-corrected chi connectivity index (χ3v) is 5.53. The van der Waals surface area contributed by atoms with Crippen molar-refractivity contribution in [1.29, 1.82) is 0 Å². The minimum atomic E-state index is -4.57. The molecule has 8 heteroatoms. The Kier molecular flexibility index (Phi) is 7.10. The van der Waals surface area contributed by atoms with Crippen molar-refractivity contribution in [2.45, 2.75) is 26.4 Å². The molecular formula is C23H28F3N3O2. The van der Waals surface area contributed by atoms with E-state index in [0.717, 1.165) is 30.3 Å². The molecule has 1 heterocycles. The van der Waals surface area contributed by atoms with Crippen molar-refractivity contribution in [3.05, 3.63) is 53.1 Å². The Labute approximate surface area is 180 Å². The Hall–Kier alpha value is -2.74. The number of halogens is 3. The van der Waals surface area contributed by atoms with Gasteiger partial charge in [0.1, 0.15) is 5.75 Å². The fraction of sp³-hybridized carbons (Fsp3) is 0.435. The van der Waals surface area contributed by atoms with Crippen LogP contribution in [0.25, 0.3) is 0 Å². The molecule has 0 bridgehead atoms. The number of anilines is 2. The second-order valence-corrected chi connectivity index (χ2v) is 7.91. The minimum absolute atomic E-state index is 0.0512. The molecule has 0 saturated carbocycles. The van der Waals surface area contributed by atoms with Gasteiger partial charge in [-0.25, -0.2) is 0 Å². The second-order valence-electron chi connectivity index (χ2n) is 7.91. The lowest BCUT2D eigenvalue weighted by Crippen LogP contribution is -2.44. The maximum absolute atomic E-state index is 13.6. The zero-order valence-electron chi connectivity index (χ0n) is 18.1. The number of ether oxygens (including phenoxy) is 1. The zero-order valence-corrected chi connectivity index (χ0v) is 18.1. The first-order valence-electron chi connectivity index (χ1n) is 10.3. The maximum Gasteiger partial charge on any atom is 0.418 e. The lowest BCUT2D eigenvalue weighted by Gasteiger charge is -2.34. The van der Waals surface area contributed by atoms with Crippen LogP contribution in [0.2, 0.25) is 0 Å². The highest BCUT2D eigenvalue weighted by Gasteiger charge is 2.35. The molecule has 0 radical (unpaired) electrons. The molecule has 0 aliphatic carbocycles. The molecule has 0 aromatic heterocycles. The third kappa shape index (κ3) is 6.13. The number of hydrogen-bond acceptors (Lipinski definition) is 4. The molecule has 1 aliphatic rings. The summed E-state index contributed by atoms with van der Waals surface area (Å²) in [6.07, 6.45) is -4.62. The predicted molar refractivity (Wildman–Crippen MR) is 116 cm³/mol. The van der Waals surface area contributed by atoms with Crippen molar-refractivity contribution in [3.63, 3.8) is 0 Å². The Bertz CT molecular complexity index is 923. The van der Waals surface area contributed by atoms with Gasteiger partial charge in [0.05, 0.1) is 24.3 Å². The molecule has 1 fully saturated rings. The Balaban J connectivity index is 1.64. The smallest absolute Gasteiger partial charge is 0.418 e. The number of rotatable bonds is 6. The Morgan fingerprint density at radius 3 is 2.39 bits per heavy atom. The van der Waals surface area contributed by atoms with Crippen molar-refractivity contribution >= 4 is 17.3 Å². The number of nitrogens with zero attached hydrogens (tertiary/aromatic N) is 2. The van der Waals surface area contributed by atoms with Gasteiger partial charge >= 0.3 is 6.18 Å². The van der Waals surface area contributed by atoms with E-state index in [2.05, 4.69) is 10.2 Å². The van der Waals surface area contributed by atoms with E-state index in [9.17, 15) is 18.0 Å². The molecule has 2 aromatic carbocycles. The summed E-state index contributed by atoms with van der Waals surface area (Å²) in [6.45, 7) is 6.93. The number of nitrogens with one attached hydrogen (secondary N) is 1. The van der Waals surface area contributed by atoms with Crippen LogP contribution in [0.3, 0.4) is 0 Å². The number of benzene rings is 2. The molecule has 31 heavy (non-hydrogen) atoms. The lowest BCUT2D eigenvalue weighted by atomic mass is 10.1. The summed E-state index contributed by atoms with van der Waals surface area (Å²) in [6, 6.07) is 9.67. The summed E-state index contributed by atoms with van der Waals surface area (Å²) in [5.74, 6) is 0.102. The zero-order chi connectivity index (χ0) is 22.6. The Morgan fingerprint density at radius 2 is 1.74 bits per heavy atom. The van der Waals surface area contributed by atoms with Crippen LogP contribution in [0.1, 0.15) is 23.1 Å². The first-order chi connectivity index (χ1) is 14.6. The minimum Gasteiger partial charge on any atom is -0.493 e. The molecule has 1 N–H and O–H groups in total. The number of alkyl halides is 3. The lowest BCUT2D eigenvalue weighted by molar-refractivity contribution is -0.136. The fourth-order valence-corrected chi connectivity index (χ4v) is 3.42. The molecule has 168 valence electrons. The quantitative estimate of drug-likeness (QED) is 0.727. The summed E-state index contributed by atoms with van der Waals surface area (Å²) < 4.78 is 46.5. The van der Waals surface area contributed by atoms with Gasteiger partial charge in [0.25, 0.3) is 0 Å². The summed E-state index contributed by atoms with van der Waals surface area (Å²) in [5.41, 5.74) is 1.63. The van der Waals surface area contributed by atoms with Crippen LogP contribution in [0.5, 0.6) is 5.75 Å². The van der Waals surface area contributed by atoms with Gasteiger partial charge in [0.2, 0.25) is 5.91 Å². The number of piperazine rings is 1. The van der Waals surface area contributed by atoms with E-state index in [1.54, 1.807) is 12.1 Å². The first kappa shape index (κ1) is 22.9. The summed E-state index contributed by atoms with van der Waals surface area (Å²) >= 11 is 0. The van der Waals surface area contributed by atoms with E-state index in [4.69, 9.17) is 4.74 Å². The predicted octanol–water partition coefficient (Wildman–Crippen LogP) is 4.48. The molecule has 0 spiro atoms. The summed E-state index contributed by atoms with van der Waals surface area (Å²) in [4.78, 5) is 16.3. The molecule has 3 rings (SSSR count). The summed E-state index contributed by atoms with van der Waals surface area (Å²) in [5, 5.41) is 2.40. The van der Waals surface area contributed by atoms with Gasteiger partial charge in [-0.05, 0) is 62.4 Å². The highest BCUT2D eigenvalue weighted by molar-refractivity contribution is 5.92. The van der Waals surface area contributed by atoms with Crippen LogP contribution < -0.4 is 15.0 Å². The molecule has 2 aromatic rings. The third-order valence-electron chi connectivity index (χ3n) is 5.53. The van der Waals surface area contributed by atoms with E-state index in [-0.39, 0.29) is 18.7 Å². The van der Waals surface area contributed by atoms with E-state index in [1.807, 2.05) is 37.9 Å². The van der Waals surface area contributed by atoms with Crippen LogP contribution in [0, 0.1) is 13.8 Å². The molecule has 0 unspecified atom stereocenters. The van der Waals surface area contributed by atoms with E-state index in [0.29, 0.717) is 24.5 Å². The van der Waals surface area contributed by atoms with Crippen molar-refractivity contribution in [1.82, 2.24) is 4.90 Å². The van der Waals surface area contributed by atoms with E-state index in [1.165, 1.54) is 6.07 Å². The molecule has 1 saturated heterocycles. The van der Waals surface area contributed by atoms with Crippen LogP contribution in [-0.4, -0.2) is 50.6 Å². The average molecular weight is 435 g/mol. The highest BCUT2D eigenvalue weighted by atomic mass is 19.4. The van der Waals surface area contributed by atoms with Gasteiger partial charge in [-0.3, -0.25) is 4.79 Å². The molecular weight excluding hydrogens is 407 g/mol. The average Bonchev–Trinajstić information content (AvgIpc) is 2.71. The topological polar surface area (TPSA) is 44.8 Å². The SMILES string of the molecule is Cc1ccc(OCCC(=O)Nc2ccc(N3CCN(C)CC3)cc2C(F)(F)F)cc1C. The Morgan fingerprint density at radius 1 is 1.03 bits per heavy atom. The van der Waals surface area contributed by atoms with Crippen molar-refractivity contribution in [3.8, 4) is 5.75 Å². The monoisotopic (exact) mass is 435 g/mol. The number of carbonyl (C=O) groups excluding carboxylic acids is 1. The van der Waals surface area contributed by atoms with Crippen LogP contribution >= 0.6 is 0 Å². The number of hydrogen-bond donors (Lipinski definition) is 1. The number of aryl methyl sites for hydroxylation is 2. The van der Waals surface area contributed by atoms with Gasteiger partial charge in [0, 0.05) is 31.9 Å². The van der Waals surface area contributed by atoms with Gasteiger partial charge in [-0.1, -0.05) is 6.07 Å². The standard InChI is InChI=1S/C23H28F3N3O2/c1-16-4-6-19(14-17(16)2)31-13-8-22(30)27-21-7-5-18(15-20(21)23(24,25)26)29-11-9-28(3)10-12-29/h4-7,14-15H,8-13H2,1-3H3,(H,27,30). The molecule has 5 nitrogen and oxygen atoms in total. The van der Waals surface area contributed by atoms with Crippen LogP contribution in [-0.2, 0) is 11.0 Å². The van der Waals surface area contributed by atoms with Crippen LogP contribution in [0.4, 0.5) is 24.5 Å². The molecule has 1 amide bonds. The number of amides is 1. The number of carbonyl (C=O) groups is 1.